The van der Waals surface area contributed by atoms with Gasteiger partial charge in [-0.25, -0.2) is 0 Å². The predicted octanol–water partition coefficient (Wildman–Crippen LogP) is 2.07. The third-order valence-electron chi connectivity index (χ3n) is 5.65. The highest BCUT2D eigenvalue weighted by atomic mass is 14.8. The Morgan fingerprint density at radius 3 is 3.00 bits per heavy atom. The Morgan fingerprint density at radius 1 is 1.09 bits per heavy atom. The molecule has 0 N–H and O–H groups in total. The van der Waals surface area contributed by atoms with Crippen molar-refractivity contribution >= 4 is 0 Å². The molecule has 7 unspecified atom stereocenters. The van der Waals surface area contributed by atoms with Gasteiger partial charge in [0.25, 0.3) is 0 Å². The standard InChI is InChI=1S/C11H12/c1-4-2-7-10-5(1)6-3-8(10)11(7)9(4)6/h2,5-11H,1,3H2. The van der Waals surface area contributed by atoms with Gasteiger partial charge in [0.15, 0.2) is 0 Å². The molecule has 0 heterocycles. The molecule has 2 bridgehead atoms. The van der Waals surface area contributed by atoms with Crippen LogP contribution < -0.4 is 0 Å². The third kappa shape index (κ3) is 0.256. The minimum absolute atomic E-state index is 1.11. The first-order valence-electron chi connectivity index (χ1n) is 5.16. The lowest BCUT2D eigenvalue weighted by atomic mass is 9.53. The van der Waals surface area contributed by atoms with Crippen LogP contribution in [0.4, 0.5) is 0 Å². The summed E-state index contributed by atoms with van der Waals surface area (Å²) < 4.78 is 0. The van der Waals surface area contributed by atoms with E-state index in [1.54, 1.807) is 6.42 Å². The van der Waals surface area contributed by atoms with E-state index in [0.29, 0.717) is 0 Å². The Kier molecular flexibility index (Phi) is 0.444. The first kappa shape index (κ1) is 4.69. The molecule has 5 aliphatic rings. The Labute approximate surface area is 66.7 Å². The molecule has 0 heteroatoms. The molecule has 0 radical (unpaired) electrons. The van der Waals surface area contributed by atoms with Crippen LogP contribution in [0.3, 0.4) is 0 Å². The normalized spacial score (nSPS) is 77.8. The van der Waals surface area contributed by atoms with E-state index in [0.717, 1.165) is 11.8 Å². The molecular formula is C11H12. The molecule has 0 spiro atoms. The topological polar surface area (TPSA) is 0 Å². The maximum atomic E-state index is 2.67. The molecule has 0 aromatic rings. The van der Waals surface area contributed by atoms with Crippen LogP contribution in [-0.2, 0) is 0 Å². The molecule has 4 saturated carbocycles. The van der Waals surface area contributed by atoms with Crippen molar-refractivity contribution < 1.29 is 0 Å². The summed E-state index contributed by atoms with van der Waals surface area (Å²) in [5.41, 5.74) is 1.91. The van der Waals surface area contributed by atoms with Gasteiger partial charge in [-0.2, -0.15) is 0 Å². The zero-order valence-electron chi connectivity index (χ0n) is 6.53. The van der Waals surface area contributed by atoms with Crippen molar-refractivity contribution in [2.45, 2.75) is 12.8 Å². The quantitative estimate of drug-likeness (QED) is 0.456. The van der Waals surface area contributed by atoms with Crippen molar-refractivity contribution in [1.82, 2.24) is 0 Å². The van der Waals surface area contributed by atoms with Gasteiger partial charge in [0.05, 0.1) is 0 Å². The molecule has 0 aromatic carbocycles. The molecule has 56 valence electrons. The molecule has 5 rings (SSSR count). The average Bonchev–Trinajstić information content (AvgIpc) is 2.55. The summed E-state index contributed by atoms with van der Waals surface area (Å²) in [4.78, 5) is 0. The second-order valence-corrected chi connectivity index (χ2v) is 5.43. The molecular weight excluding hydrogens is 132 g/mol. The van der Waals surface area contributed by atoms with Gasteiger partial charge in [-0.3, -0.25) is 0 Å². The van der Waals surface area contributed by atoms with Gasteiger partial charge in [0, 0.05) is 0 Å². The smallest absolute Gasteiger partial charge is 0.0135 e. The van der Waals surface area contributed by atoms with Gasteiger partial charge >= 0.3 is 0 Å². The van der Waals surface area contributed by atoms with Crippen molar-refractivity contribution in [2.75, 3.05) is 0 Å². The Balaban J connectivity index is 1.96. The fraction of sp³-hybridized carbons (Fsp3) is 0.818. The summed E-state index contributed by atoms with van der Waals surface area (Å²) >= 11 is 0. The first-order chi connectivity index (χ1) is 5.45. The van der Waals surface area contributed by atoms with Gasteiger partial charge in [-0.05, 0) is 54.3 Å². The Hall–Kier alpha value is -0.260. The van der Waals surface area contributed by atoms with Crippen LogP contribution in [0.2, 0.25) is 0 Å². The summed E-state index contributed by atoms with van der Waals surface area (Å²) in [6.45, 7) is 0. The van der Waals surface area contributed by atoms with Gasteiger partial charge in [-0.15, -0.1) is 0 Å². The zero-order chi connectivity index (χ0) is 6.74. The van der Waals surface area contributed by atoms with Crippen molar-refractivity contribution in [1.29, 1.82) is 0 Å². The molecule has 0 saturated heterocycles. The van der Waals surface area contributed by atoms with E-state index in [-0.39, 0.29) is 0 Å². The molecule has 0 aliphatic heterocycles. The molecule has 4 fully saturated rings. The fourth-order valence-corrected chi connectivity index (χ4v) is 5.70. The maximum absolute atomic E-state index is 2.67. The van der Waals surface area contributed by atoms with E-state index in [4.69, 9.17) is 0 Å². The van der Waals surface area contributed by atoms with E-state index >= 15 is 0 Å². The molecule has 11 heavy (non-hydrogen) atoms. The number of rotatable bonds is 0. The summed E-state index contributed by atoms with van der Waals surface area (Å²) in [6, 6.07) is 0. The SMILES string of the molecule is C1=C2CC3C4CC5C3C1C5C24. The van der Waals surface area contributed by atoms with Gasteiger partial charge in [-0.1, -0.05) is 11.6 Å². The summed E-state index contributed by atoms with van der Waals surface area (Å²) in [5, 5.41) is 0. The summed E-state index contributed by atoms with van der Waals surface area (Å²) in [5.74, 6) is 8.25. The van der Waals surface area contributed by atoms with Crippen LogP contribution in [-0.4, -0.2) is 0 Å². The number of allylic oxidation sites excluding steroid dienone is 2. The number of hydrogen-bond donors (Lipinski definition) is 0. The van der Waals surface area contributed by atoms with E-state index in [9.17, 15) is 0 Å². The minimum Gasteiger partial charge on any atom is -0.0813 e. The van der Waals surface area contributed by atoms with E-state index < -0.39 is 0 Å². The second-order valence-electron chi connectivity index (χ2n) is 5.43. The first-order valence-corrected chi connectivity index (χ1v) is 5.16. The molecule has 5 aliphatic carbocycles. The third-order valence-corrected chi connectivity index (χ3v) is 5.65. The van der Waals surface area contributed by atoms with Gasteiger partial charge in [0.1, 0.15) is 0 Å². The lowest BCUT2D eigenvalue weighted by molar-refractivity contribution is -0.0232. The molecule has 0 aromatic heterocycles. The van der Waals surface area contributed by atoms with Crippen LogP contribution in [0.25, 0.3) is 0 Å². The summed E-state index contributed by atoms with van der Waals surface area (Å²) in [7, 11) is 0. The lowest BCUT2D eigenvalue weighted by Crippen LogP contribution is -2.47. The van der Waals surface area contributed by atoms with Crippen LogP contribution >= 0.6 is 0 Å². The molecule has 0 amide bonds. The van der Waals surface area contributed by atoms with Crippen LogP contribution in [0, 0.1) is 41.4 Å². The zero-order valence-corrected chi connectivity index (χ0v) is 6.53. The van der Waals surface area contributed by atoms with Crippen molar-refractivity contribution in [3.05, 3.63) is 11.6 Å². The Morgan fingerprint density at radius 2 is 2.09 bits per heavy atom. The Bertz CT molecular complexity index is 299. The number of fused-ring (bicyclic) bond motifs is 2. The fourth-order valence-electron chi connectivity index (χ4n) is 5.70. The molecule has 0 nitrogen and oxygen atoms in total. The number of hydrogen-bond acceptors (Lipinski definition) is 0. The van der Waals surface area contributed by atoms with Crippen molar-refractivity contribution in [3.63, 3.8) is 0 Å². The van der Waals surface area contributed by atoms with Gasteiger partial charge < -0.3 is 0 Å². The van der Waals surface area contributed by atoms with E-state index in [2.05, 4.69) is 6.08 Å². The predicted molar refractivity (Wildman–Crippen MR) is 41.7 cm³/mol. The van der Waals surface area contributed by atoms with Crippen LogP contribution in [0.5, 0.6) is 0 Å². The largest absolute Gasteiger partial charge is 0.0813 e. The van der Waals surface area contributed by atoms with E-state index in [1.807, 2.05) is 5.57 Å². The van der Waals surface area contributed by atoms with E-state index in [1.165, 1.54) is 36.0 Å². The molecule has 7 atom stereocenters. The van der Waals surface area contributed by atoms with Crippen molar-refractivity contribution in [3.8, 4) is 0 Å². The summed E-state index contributed by atoms with van der Waals surface area (Å²) in [6.07, 6.45) is 5.84. The maximum Gasteiger partial charge on any atom is -0.0135 e. The highest BCUT2D eigenvalue weighted by Gasteiger charge is 2.75. The monoisotopic (exact) mass is 144 g/mol. The highest BCUT2D eigenvalue weighted by molar-refractivity contribution is 5.40. The second kappa shape index (κ2) is 1.04. The van der Waals surface area contributed by atoms with Crippen LogP contribution in [0.15, 0.2) is 11.6 Å². The average molecular weight is 144 g/mol. The van der Waals surface area contributed by atoms with Gasteiger partial charge in [0.2, 0.25) is 0 Å². The lowest BCUT2D eigenvalue weighted by Gasteiger charge is -2.51. The van der Waals surface area contributed by atoms with Crippen molar-refractivity contribution in [2.24, 2.45) is 41.4 Å². The van der Waals surface area contributed by atoms with Crippen LogP contribution in [0.1, 0.15) is 12.8 Å². The highest BCUT2D eigenvalue weighted by Crippen LogP contribution is 2.81. The minimum atomic E-state index is 1.11.